The van der Waals surface area contributed by atoms with Crippen LogP contribution in [0.1, 0.15) is 27.7 Å². The van der Waals surface area contributed by atoms with Gasteiger partial charge >= 0.3 is 7.60 Å². The summed E-state index contributed by atoms with van der Waals surface area (Å²) >= 11 is 0. The Labute approximate surface area is 80.5 Å². The zero-order chi connectivity index (χ0) is 10.5. The van der Waals surface area contributed by atoms with Crippen molar-refractivity contribution in [3.8, 4) is 0 Å². The minimum absolute atomic E-state index is 0.0852. The topological polar surface area (TPSA) is 47.6 Å². The van der Waals surface area contributed by atoms with Crippen LogP contribution in [0.25, 0.3) is 0 Å². The quantitative estimate of drug-likeness (QED) is 0.681. The molecule has 0 unspecified atom stereocenters. The van der Waals surface area contributed by atoms with Crippen molar-refractivity contribution < 1.29 is 13.6 Å². The average Bonchev–Trinajstić information content (AvgIpc) is 1.81. The lowest BCUT2D eigenvalue weighted by Crippen LogP contribution is -2.17. The molecule has 0 rings (SSSR count). The molecule has 0 aromatic carbocycles. The second kappa shape index (κ2) is 5.76. The number of rotatable bonds is 6. The first-order valence-electron chi connectivity index (χ1n) is 4.50. The lowest BCUT2D eigenvalue weighted by molar-refractivity contribution is 0.141. The molecule has 0 aromatic heterocycles. The molecule has 0 bridgehead atoms. The fraction of sp³-hybridized carbons (Fsp3) is 1.00. The van der Waals surface area contributed by atoms with Crippen LogP contribution in [0.3, 0.4) is 0 Å². The van der Waals surface area contributed by atoms with Crippen LogP contribution in [-0.2, 0) is 13.6 Å². The van der Waals surface area contributed by atoms with Gasteiger partial charge in [0.2, 0.25) is 0 Å². The van der Waals surface area contributed by atoms with Gasteiger partial charge in [-0.1, -0.05) is 0 Å². The Kier molecular flexibility index (Phi) is 5.81. The van der Waals surface area contributed by atoms with E-state index in [4.69, 9.17) is 9.05 Å². The lowest BCUT2D eigenvalue weighted by atomic mass is 10.5. The molecule has 1 N–H and O–H groups in total. The third-order valence-electron chi connectivity index (χ3n) is 1.09. The Morgan fingerprint density at radius 1 is 1.15 bits per heavy atom. The van der Waals surface area contributed by atoms with Gasteiger partial charge in [0.15, 0.2) is 0 Å². The van der Waals surface area contributed by atoms with Crippen molar-refractivity contribution in [2.24, 2.45) is 0 Å². The Hall–Kier alpha value is 0.110. The van der Waals surface area contributed by atoms with E-state index < -0.39 is 7.60 Å². The first kappa shape index (κ1) is 13.1. The summed E-state index contributed by atoms with van der Waals surface area (Å²) in [7, 11) is -1.22. The van der Waals surface area contributed by atoms with Gasteiger partial charge in [-0.25, -0.2) is 0 Å². The highest BCUT2D eigenvalue weighted by atomic mass is 31.2. The molecule has 5 heteroatoms. The molecule has 13 heavy (non-hydrogen) atoms. The van der Waals surface area contributed by atoms with Crippen LogP contribution in [0, 0.1) is 0 Å². The van der Waals surface area contributed by atoms with Crippen molar-refractivity contribution in [2.45, 2.75) is 39.9 Å². The van der Waals surface area contributed by atoms with Crippen LogP contribution in [-0.4, -0.2) is 25.5 Å². The zero-order valence-corrected chi connectivity index (χ0v) is 9.93. The maximum absolute atomic E-state index is 11.9. The minimum Gasteiger partial charge on any atom is -0.309 e. The monoisotopic (exact) mass is 209 g/mol. The first-order valence-corrected chi connectivity index (χ1v) is 6.23. The van der Waals surface area contributed by atoms with E-state index >= 15 is 0 Å². The third kappa shape index (κ3) is 6.22. The Bertz CT molecular complexity index is 168. The second-order valence-electron chi connectivity index (χ2n) is 3.43. The molecule has 0 aliphatic rings. The largest absolute Gasteiger partial charge is 0.344 e. The van der Waals surface area contributed by atoms with Gasteiger partial charge < -0.3 is 14.4 Å². The fourth-order valence-corrected chi connectivity index (χ4v) is 2.81. The van der Waals surface area contributed by atoms with Crippen molar-refractivity contribution in [1.29, 1.82) is 0 Å². The van der Waals surface area contributed by atoms with Crippen LogP contribution in [0.2, 0.25) is 0 Å². The van der Waals surface area contributed by atoms with Crippen molar-refractivity contribution in [3.05, 3.63) is 0 Å². The van der Waals surface area contributed by atoms with E-state index in [-0.39, 0.29) is 18.5 Å². The normalized spacial score (nSPS) is 12.8. The number of nitrogens with one attached hydrogen (secondary N) is 1. The standard InChI is InChI=1S/C8H20NO3P/c1-7(2)11-13(10,6-9-5)12-8(3)4/h7-9H,6H2,1-5H3. The molecule has 0 saturated heterocycles. The second-order valence-corrected chi connectivity index (χ2v) is 5.39. The van der Waals surface area contributed by atoms with Gasteiger partial charge in [0.25, 0.3) is 0 Å². The van der Waals surface area contributed by atoms with E-state index in [1.807, 2.05) is 27.7 Å². The molecule has 80 valence electrons. The highest BCUT2D eigenvalue weighted by Gasteiger charge is 2.26. The Morgan fingerprint density at radius 2 is 1.54 bits per heavy atom. The molecular formula is C8H20NO3P. The van der Waals surface area contributed by atoms with Crippen LogP contribution in [0.15, 0.2) is 0 Å². The van der Waals surface area contributed by atoms with Gasteiger partial charge in [0.1, 0.15) is 0 Å². The van der Waals surface area contributed by atoms with Gasteiger partial charge in [-0.2, -0.15) is 0 Å². The third-order valence-corrected chi connectivity index (χ3v) is 3.28. The van der Waals surface area contributed by atoms with Gasteiger partial charge in [-0.05, 0) is 34.7 Å². The van der Waals surface area contributed by atoms with Gasteiger partial charge in [-0.3, -0.25) is 4.57 Å². The lowest BCUT2D eigenvalue weighted by Gasteiger charge is -2.22. The van der Waals surface area contributed by atoms with E-state index in [1.165, 1.54) is 0 Å². The SMILES string of the molecule is CNCP(=O)(OC(C)C)OC(C)C. The highest BCUT2D eigenvalue weighted by molar-refractivity contribution is 7.53. The zero-order valence-electron chi connectivity index (χ0n) is 9.03. The van der Waals surface area contributed by atoms with E-state index in [1.54, 1.807) is 7.05 Å². The summed E-state index contributed by atoms with van der Waals surface area (Å²) in [5.41, 5.74) is 0. The molecule has 4 nitrogen and oxygen atoms in total. The van der Waals surface area contributed by atoms with E-state index in [2.05, 4.69) is 5.32 Å². The summed E-state index contributed by atoms with van der Waals surface area (Å²) in [4.78, 5) is 0. The smallest absolute Gasteiger partial charge is 0.309 e. The van der Waals surface area contributed by atoms with Crippen LogP contribution in [0.4, 0.5) is 0 Å². The Morgan fingerprint density at radius 3 is 1.77 bits per heavy atom. The molecule has 0 amide bonds. The van der Waals surface area contributed by atoms with Crippen LogP contribution >= 0.6 is 7.60 Å². The highest BCUT2D eigenvalue weighted by Crippen LogP contribution is 2.49. The number of hydrogen-bond donors (Lipinski definition) is 1. The van der Waals surface area contributed by atoms with Crippen molar-refractivity contribution in [2.75, 3.05) is 13.3 Å². The summed E-state index contributed by atoms with van der Waals surface area (Å²) in [6, 6.07) is 0. The first-order chi connectivity index (χ1) is 5.89. The summed E-state index contributed by atoms with van der Waals surface area (Å²) in [6.45, 7) is 7.36. The molecule has 0 aliphatic carbocycles. The molecule has 0 spiro atoms. The predicted molar refractivity (Wildman–Crippen MR) is 54.0 cm³/mol. The number of hydrogen-bond acceptors (Lipinski definition) is 4. The maximum atomic E-state index is 11.9. The Balaban J connectivity index is 4.25. The molecule has 0 radical (unpaired) electrons. The predicted octanol–water partition coefficient (Wildman–Crippen LogP) is 2.21. The molecule has 0 heterocycles. The van der Waals surface area contributed by atoms with Gasteiger partial charge in [0.05, 0.1) is 18.5 Å². The molecule has 0 aromatic rings. The molecule has 0 saturated carbocycles. The van der Waals surface area contributed by atoms with Crippen molar-refractivity contribution in [1.82, 2.24) is 5.32 Å². The van der Waals surface area contributed by atoms with E-state index in [9.17, 15) is 4.57 Å². The van der Waals surface area contributed by atoms with Gasteiger partial charge in [-0.15, -0.1) is 0 Å². The minimum atomic E-state index is -2.94. The summed E-state index contributed by atoms with van der Waals surface area (Å²) in [5.74, 6) is 0. The molecule has 0 fully saturated rings. The van der Waals surface area contributed by atoms with E-state index in [0.717, 1.165) is 0 Å². The van der Waals surface area contributed by atoms with Crippen molar-refractivity contribution in [3.63, 3.8) is 0 Å². The van der Waals surface area contributed by atoms with Crippen LogP contribution in [0.5, 0.6) is 0 Å². The maximum Gasteiger partial charge on any atom is 0.344 e. The summed E-state index contributed by atoms with van der Waals surface area (Å²) in [5, 5.41) is 2.81. The molecule has 0 atom stereocenters. The summed E-state index contributed by atoms with van der Waals surface area (Å²) in [6.07, 6.45) is 0.0828. The molecular weight excluding hydrogens is 189 g/mol. The average molecular weight is 209 g/mol. The summed E-state index contributed by atoms with van der Waals surface area (Å²) < 4.78 is 22.4. The van der Waals surface area contributed by atoms with E-state index in [0.29, 0.717) is 0 Å². The van der Waals surface area contributed by atoms with Crippen molar-refractivity contribution >= 4 is 7.60 Å². The molecule has 0 aliphatic heterocycles. The van der Waals surface area contributed by atoms with Gasteiger partial charge in [0, 0.05) is 0 Å². The van der Waals surface area contributed by atoms with Crippen LogP contribution < -0.4 is 5.32 Å². The fourth-order valence-electron chi connectivity index (χ4n) is 0.935.